The van der Waals surface area contributed by atoms with E-state index >= 15 is 0 Å². The van der Waals surface area contributed by atoms with Gasteiger partial charge < -0.3 is 9.84 Å². The van der Waals surface area contributed by atoms with Crippen molar-refractivity contribution in [3.8, 4) is 11.4 Å². The molecule has 1 aliphatic heterocycles. The lowest BCUT2D eigenvalue weighted by molar-refractivity contribution is 0.244. The summed E-state index contributed by atoms with van der Waals surface area (Å²) in [6.45, 7) is 7.95. The van der Waals surface area contributed by atoms with E-state index in [4.69, 9.17) is 4.52 Å². The molecule has 1 unspecified atom stereocenters. The van der Waals surface area contributed by atoms with Gasteiger partial charge in [0.1, 0.15) is 5.82 Å². The molecule has 4 aromatic rings. The minimum Gasteiger partial charge on any atom is -0.334 e. The number of nitrogens with zero attached hydrogens (tertiary/aromatic N) is 3. The summed E-state index contributed by atoms with van der Waals surface area (Å²) in [6.07, 6.45) is 0. The highest BCUT2D eigenvalue weighted by molar-refractivity contribution is 6.01. The summed E-state index contributed by atoms with van der Waals surface area (Å²) in [5.41, 5.74) is 7.03. The fourth-order valence-corrected chi connectivity index (χ4v) is 4.25. The maximum Gasteiger partial charge on any atom is 0.326 e. The van der Waals surface area contributed by atoms with E-state index in [2.05, 4.69) is 15.5 Å². The van der Waals surface area contributed by atoms with Gasteiger partial charge in [-0.2, -0.15) is 4.98 Å². The lowest BCUT2D eigenvalue weighted by atomic mass is 9.93. The van der Waals surface area contributed by atoms with Crippen LogP contribution in [0.5, 0.6) is 0 Å². The average Bonchev–Trinajstić information content (AvgIpc) is 3.31. The van der Waals surface area contributed by atoms with Gasteiger partial charge in [-0.25, -0.2) is 9.18 Å². The summed E-state index contributed by atoms with van der Waals surface area (Å²) in [5, 5.41) is 7.26. The number of amides is 2. The van der Waals surface area contributed by atoms with Gasteiger partial charge in [-0.3, -0.25) is 4.90 Å². The SMILES string of the molecule is CC1=C(c2nc(-c3ccc(F)cc3)no2)C(c2ccc(C)cc2)NC(=O)N1c1ccc(C)c(C)c1. The monoisotopic (exact) mass is 468 g/mol. The molecular weight excluding hydrogens is 443 g/mol. The molecule has 5 rings (SSSR count). The van der Waals surface area contributed by atoms with Crippen molar-refractivity contribution in [2.75, 3.05) is 4.90 Å². The summed E-state index contributed by atoms with van der Waals surface area (Å²) in [4.78, 5) is 19.6. The number of nitrogens with one attached hydrogen (secondary N) is 1. The predicted octanol–water partition coefficient (Wildman–Crippen LogP) is 6.50. The highest BCUT2D eigenvalue weighted by atomic mass is 19.1. The highest BCUT2D eigenvalue weighted by Crippen LogP contribution is 2.39. The summed E-state index contributed by atoms with van der Waals surface area (Å²) in [5.74, 6) is 0.299. The van der Waals surface area contributed by atoms with Crippen LogP contribution in [-0.4, -0.2) is 16.2 Å². The molecule has 35 heavy (non-hydrogen) atoms. The number of carbonyl (C=O) groups excluding carboxylic acids is 1. The van der Waals surface area contributed by atoms with Crippen LogP contribution in [0.2, 0.25) is 0 Å². The van der Waals surface area contributed by atoms with Crippen LogP contribution in [0.3, 0.4) is 0 Å². The van der Waals surface area contributed by atoms with Gasteiger partial charge in [-0.1, -0.05) is 41.1 Å². The first-order valence-electron chi connectivity index (χ1n) is 11.4. The number of hydrogen-bond acceptors (Lipinski definition) is 4. The molecule has 0 spiro atoms. The number of anilines is 1. The van der Waals surface area contributed by atoms with Crippen molar-refractivity contribution in [2.24, 2.45) is 0 Å². The van der Waals surface area contributed by atoms with Crippen molar-refractivity contribution in [1.82, 2.24) is 15.5 Å². The molecule has 1 aliphatic rings. The van der Waals surface area contributed by atoms with Gasteiger partial charge in [0.05, 0.1) is 17.3 Å². The number of urea groups is 1. The lowest BCUT2D eigenvalue weighted by Gasteiger charge is -2.35. The van der Waals surface area contributed by atoms with Crippen LogP contribution >= 0.6 is 0 Å². The number of allylic oxidation sites excluding steroid dienone is 1. The van der Waals surface area contributed by atoms with Crippen molar-refractivity contribution in [2.45, 2.75) is 33.7 Å². The van der Waals surface area contributed by atoms with Crippen molar-refractivity contribution >= 4 is 17.3 Å². The number of hydrogen-bond donors (Lipinski definition) is 1. The smallest absolute Gasteiger partial charge is 0.326 e. The van der Waals surface area contributed by atoms with Gasteiger partial charge in [-0.05, 0) is 80.8 Å². The Morgan fingerprint density at radius 3 is 2.31 bits per heavy atom. The van der Waals surface area contributed by atoms with E-state index in [9.17, 15) is 9.18 Å². The van der Waals surface area contributed by atoms with E-state index in [0.717, 1.165) is 27.9 Å². The van der Waals surface area contributed by atoms with Crippen molar-refractivity contribution in [1.29, 1.82) is 0 Å². The second-order valence-corrected chi connectivity index (χ2v) is 8.83. The Morgan fingerprint density at radius 2 is 1.63 bits per heavy atom. The molecule has 2 amide bonds. The van der Waals surface area contributed by atoms with Gasteiger partial charge in [0.15, 0.2) is 0 Å². The molecule has 1 aromatic heterocycles. The number of rotatable bonds is 4. The Kier molecular flexibility index (Phi) is 5.68. The Labute approximate surface area is 203 Å². The zero-order valence-electron chi connectivity index (χ0n) is 20.0. The van der Waals surface area contributed by atoms with Crippen LogP contribution < -0.4 is 10.2 Å². The summed E-state index contributed by atoms with van der Waals surface area (Å²) < 4.78 is 19.1. The summed E-state index contributed by atoms with van der Waals surface area (Å²) in [7, 11) is 0. The molecule has 0 saturated heterocycles. The third-order valence-corrected chi connectivity index (χ3v) is 6.40. The molecule has 0 bridgehead atoms. The summed E-state index contributed by atoms with van der Waals surface area (Å²) >= 11 is 0. The number of halogens is 1. The maximum atomic E-state index is 13.4. The Morgan fingerprint density at radius 1 is 0.914 bits per heavy atom. The van der Waals surface area contributed by atoms with E-state index in [0.29, 0.717) is 28.5 Å². The van der Waals surface area contributed by atoms with Gasteiger partial charge in [0.25, 0.3) is 5.89 Å². The average molecular weight is 469 g/mol. The maximum absolute atomic E-state index is 13.4. The molecule has 0 fully saturated rings. The van der Waals surface area contributed by atoms with Gasteiger partial charge in [0, 0.05) is 11.3 Å². The molecule has 1 atom stereocenters. The number of aryl methyl sites for hydroxylation is 3. The molecule has 2 heterocycles. The number of carbonyl (C=O) groups is 1. The molecule has 6 nitrogen and oxygen atoms in total. The molecule has 7 heteroatoms. The van der Waals surface area contributed by atoms with E-state index < -0.39 is 6.04 Å². The molecular formula is C28H25FN4O2. The number of benzene rings is 3. The van der Waals surface area contributed by atoms with E-state index in [1.807, 2.05) is 70.2 Å². The van der Waals surface area contributed by atoms with E-state index in [1.165, 1.54) is 12.1 Å². The molecule has 0 aliphatic carbocycles. The van der Waals surface area contributed by atoms with Crippen LogP contribution in [0, 0.1) is 26.6 Å². The van der Waals surface area contributed by atoms with Crippen molar-refractivity contribution in [3.63, 3.8) is 0 Å². The van der Waals surface area contributed by atoms with Crippen LogP contribution in [-0.2, 0) is 0 Å². The van der Waals surface area contributed by atoms with Crippen molar-refractivity contribution in [3.05, 3.63) is 106 Å². The molecule has 0 radical (unpaired) electrons. The van der Waals surface area contributed by atoms with Gasteiger partial charge >= 0.3 is 6.03 Å². The standard InChI is InChI=1S/C28H25FN4O2/c1-16-5-8-20(9-6-16)25-24(27-31-26(32-35-27)21-10-12-22(29)13-11-21)19(4)33(28(34)30-25)23-14-7-17(2)18(3)15-23/h5-15,25H,1-4H3,(H,30,34). The quantitative estimate of drug-likeness (QED) is 0.371. The van der Waals surface area contributed by atoms with Gasteiger partial charge in [0.2, 0.25) is 5.82 Å². The molecule has 176 valence electrons. The Balaban J connectivity index is 1.65. The first-order chi connectivity index (χ1) is 16.8. The highest BCUT2D eigenvalue weighted by Gasteiger charge is 2.36. The first kappa shape index (κ1) is 22.5. The largest absolute Gasteiger partial charge is 0.334 e. The fourth-order valence-electron chi connectivity index (χ4n) is 4.25. The normalized spacial score (nSPS) is 16.0. The van der Waals surface area contributed by atoms with Crippen molar-refractivity contribution < 1.29 is 13.7 Å². The van der Waals surface area contributed by atoms with Gasteiger partial charge in [-0.15, -0.1) is 0 Å². The molecule has 3 aromatic carbocycles. The van der Waals surface area contributed by atoms with Crippen LogP contribution in [0.4, 0.5) is 14.9 Å². The third kappa shape index (κ3) is 4.21. The zero-order chi connectivity index (χ0) is 24.7. The van der Waals surface area contributed by atoms with Crippen LogP contribution in [0.25, 0.3) is 17.0 Å². The van der Waals surface area contributed by atoms with E-state index in [1.54, 1.807) is 17.0 Å². The third-order valence-electron chi connectivity index (χ3n) is 6.40. The van der Waals surface area contributed by atoms with E-state index in [-0.39, 0.29) is 11.8 Å². The number of aromatic nitrogens is 2. The molecule has 0 saturated carbocycles. The van der Waals surface area contributed by atoms with Crippen LogP contribution in [0.1, 0.15) is 41.1 Å². The minimum absolute atomic E-state index is 0.238. The topological polar surface area (TPSA) is 71.3 Å². The second kappa shape index (κ2) is 8.83. The predicted molar refractivity (Wildman–Crippen MR) is 133 cm³/mol. The first-order valence-corrected chi connectivity index (χ1v) is 11.4. The molecule has 1 N–H and O–H groups in total. The zero-order valence-corrected chi connectivity index (χ0v) is 20.0. The Bertz CT molecular complexity index is 1440. The van der Waals surface area contributed by atoms with Crippen LogP contribution in [0.15, 0.2) is 77.0 Å². The minimum atomic E-state index is -0.479. The lowest BCUT2D eigenvalue weighted by Crippen LogP contribution is -2.46. The Hall–Kier alpha value is -4.26. The summed E-state index contributed by atoms with van der Waals surface area (Å²) in [6, 6.07) is 19.1. The second-order valence-electron chi connectivity index (χ2n) is 8.83. The fraction of sp³-hybridized carbons (Fsp3) is 0.179.